The summed E-state index contributed by atoms with van der Waals surface area (Å²) in [7, 11) is 1.82. The third kappa shape index (κ3) is 2.96. The maximum absolute atomic E-state index is 6.07. The average molecular weight is 185 g/mol. The number of hydrogen-bond donors (Lipinski definition) is 1. The van der Waals surface area contributed by atoms with Crippen LogP contribution in [0.1, 0.15) is 46.0 Å². The van der Waals surface area contributed by atoms with Gasteiger partial charge in [-0.2, -0.15) is 0 Å². The van der Waals surface area contributed by atoms with Crippen LogP contribution in [-0.2, 0) is 4.74 Å². The monoisotopic (exact) mass is 185 g/mol. The van der Waals surface area contributed by atoms with E-state index in [-0.39, 0.29) is 5.60 Å². The van der Waals surface area contributed by atoms with Crippen molar-refractivity contribution in [2.45, 2.75) is 57.6 Å². The molecule has 1 aliphatic carbocycles. The van der Waals surface area contributed by atoms with E-state index in [0.29, 0.717) is 12.0 Å². The molecule has 0 bridgehead atoms. The van der Waals surface area contributed by atoms with Crippen molar-refractivity contribution in [2.75, 3.05) is 7.11 Å². The Morgan fingerprint density at radius 1 is 1.38 bits per heavy atom. The molecule has 1 saturated carbocycles. The third-order valence-corrected chi connectivity index (χ3v) is 3.11. The Kier molecular flexibility index (Phi) is 3.74. The Bertz CT molecular complexity index is 147. The van der Waals surface area contributed by atoms with E-state index in [2.05, 4.69) is 13.8 Å². The quantitative estimate of drug-likeness (QED) is 0.713. The molecule has 0 saturated heterocycles. The largest absolute Gasteiger partial charge is 0.378 e. The summed E-state index contributed by atoms with van der Waals surface area (Å²) in [6.45, 7) is 4.44. The number of hydrogen-bond acceptors (Lipinski definition) is 2. The lowest BCUT2D eigenvalue weighted by Gasteiger charge is -2.42. The fraction of sp³-hybridized carbons (Fsp3) is 1.00. The maximum Gasteiger partial charge on any atom is 0.0693 e. The van der Waals surface area contributed by atoms with E-state index >= 15 is 0 Å². The molecule has 78 valence electrons. The molecule has 0 amide bonds. The lowest BCUT2D eigenvalue weighted by atomic mass is 9.75. The van der Waals surface area contributed by atoms with Gasteiger partial charge in [-0.15, -0.1) is 0 Å². The van der Waals surface area contributed by atoms with Crippen LogP contribution in [-0.4, -0.2) is 18.8 Å². The van der Waals surface area contributed by atoms with Crippen LogP contribution in [0.5, 0.6) is 0 Å². The first-order valence-electron chi connectivity index (χ1n) is 5.39. The zero-order valence-electron chi connectivity index (χ0n) is 9.18. The third-order valence-electron chi connectivity index (χ3n) is 3.11. The summed E-state index contributed by atoms with van der Waals surface area (Å²) < 4.78 is 5.55. The second-order valence-corrected chi connectivity index (χ2v) is 4.83. The summed E-state index contributed by atoms with van der Waals surface area (Å²) >= 11 is 0. The highest BCUT2D eigenvalue weighted by atomic mass is 16.5. The van der Waals surface area contributed by atoms with Gasteiger partial charge in [0.2, 0.25) is 0 Å². The molecule has 0 radical (unpaired) electrons. The minimum Gasteiger partial charge on any atom is -0.378 e. The van der Waals surface area contributed by atoms with Crippen LogP contribution >= 0.6 is 0 Å². The Balaban J connectivity index is 2.29. The molecule has 0 spiro atoms. The minimum absolute atomic E-state index is 0.147. The first kappa shape index (κ1) is 11.0. The smallest absolute Gasteiger partial charge is 0.0693 e. The minimum atomic E-state index is 0.147. The summed E-state index contributed by atoms with van der Waals surface area (Å²) in [6, 6.07) is 0.320. The molecule has 1 unspecified atom stereocenters. The van der Waals surface area contributed by atoms with Crippen molar-refractivity contribution in [3.05, 3.63) is 0 Å². The van der Waals surface area contributed by atoms with Gasteiger partial charge in [-0.3, -0.25) is 0 Å². The molecule has 1 rings (SSSR count). The van der Waals surface area contributed by atoms with E-state index in [9.17, 15) is 0 Å². The Labute approximate surface area is 81.8 Å². The molecular formula is C11H23NO. The zero-order valence-corrected chi connectivity index (χ0v) is 9.18. The molecule has 0 aromatic heterocycles. The van der Waals surface area contributed by atoms with Gasteiger partial charge in [0.1, 0.15) is 0 Å². The summed E-state index contributed by atoms with van der Waals surface area (Å²) in [5, 5.41) is 0. The Morgan fingerprint density at radius 3 is 2.31 bits per heavy atom. The lowest BCUT2D eigenvalue weighted by Crippen LogP contribution is -2.44. The van der Waals surface area contributed by atoms with E-state index in [1.807, 2.05) is 7.11 Å². The number of methoxy groups -OCH3 is 1. The van der Waals surface area contributed by atoms with Gasteiger partial charge >= 0.3 is 0 Å². The van der Waals surface area contributed by atoms with Crippen LogP contribution in [0.3, 0.4) is 0 Å². The van der Waals surface area contributed by atoms with Crippen molar-refractivity contribution in [2.24, 2.45) is 11.7 Å². The van der Waals surface area contributed by atoms with Gasteiger partial charge in [0.15, 0.2) is 0 Å². The normalized spacial score (nSPS) is 22.8. The standard InChI is InChI=1S/C11H23NO/c1-9(2)7-10(12)8-11(13-3)5-4-6-11/h9-10H,4-8,12H2,1-3H3. The summed E-state index contributed by atoms with van der Waals surface area (Å²) in [4.78, 5) is 0. The zero-order chi connectivity index (χ0) is 9.90. The van der Waals surface area contributed by atoms with Gasteiger partial charge in [-0.05, 0) is 38.0 Å². The van der Waals surface area contributed by atoms with Gasteiger partial charge in [-0.25, -0.2) is 0 Å². The Morgan fingerprint density at radius 2 is 2.00 bits per heavy atom. The van der Waals surface area contributed by atoms with Gasteiger partial charge in [0.05, 0.1) is 5.60 Å². The molecule has 2 nitrogen and oxygen atoms in total. The first-order valence-corrected chi connectivity index (χ1v) is 5.39. The molecule has 0 aliphatic heterocycles. The fourth-order valence-corrected chi connectivity index (χ4v) is 2.23. The van der Waals surface area contributed by atoms with Crippen molar-refractivity contribution in [1.82, 2.24) is 0 Å². The molecule has 1 atom stereocenters. The molecule has 2 heteroatoms. The fourth-order valence-electron chi connectivity index (χ4n) is 2.23. The number of nitrogens with two attached hydrogens (primary N) is 1. The highest BCUT2D eigenvalue weighted by Crippen LogP contribution is 2.39. The van der Waals surface area contributed by atoms with Crippen LogP contribution in [0.4, 0.5) is 0 Å². The van der Waals surface area contributed by atoms with Crippen LogP contribution in [0.15, 0.2) is 0 Å². The summed E-state index contributed by atoms with van der Waals surface area (Å²) in [6.07, 6.45) is 5.87. The van der Waals surface area contributed by atoms with Crippen LogP contribution in [0.2, 0.25) is 0 Å². The van der Waals surface area contributed by atoms with E-state index in [0.717, 1.165) is 12.8 Å². The van der Waals surface area contributed by atoms with Crippen molar-refractivity contribution in [1.29, 1.82) is 0 Å². The number of ether oxygens (including phenoxy) is 1. The maximum atomic E-state index is 6.07. The van der Waals surface area contributed by atoms with Crippen molar-refractivity contribution in [3.63, 3.8) is 0 Å². The molecule has 1 aliphatic rings. The number of rotatable bonds is 5. The SMILES string of the molecule is COC1(CC(N)CC(C)C)CCC1. The van der Waals surface area contributed by atoms with Crippen molar-refractivity contribution < 1.29 is 4.74 Å². The predicted molar refractivity (Wildman–Crippen MR) is 55.6 cm³/mol. The second-order valence-electron chi connectivity index (χ2n) is 4.83. The van der Waals surface area contributed by atoms with Crippen LogP contribution in [0.25, 0.3) is 0 Å². The molecule has 1 fully saturated rings. The summed E-state index contributed by atoms with van der Waals surface area (Å²) in [5.74, 6) is 0.698. The lowest BCUT2D eigenvalue weighted by molar-refractivity contribution is -0.0822. The highest BCUT2D eigenvalue weighted by Gasteiger charge is 2.38. The van der Waals surface area contributed by atoms with Crippen molar-refractivity contribution in [3.8, 4) is 0 Å². The molecule has 0 aromatic carbocycles. The predicted octanol–water partition coefficient (Wildman–Crippen LogP) is 2.32. The molecule has 0 heterocycles. The average Bonchev–Trinajstić information content (AvgIpc) is 1.95. The van der Waals surface area contributed by atoms with E-state index in [1.54, 1.807) is 0 Å². The van der Waals surface area contributed by atoms with E-state index < -0.39 is 0 Å². The van der Waals surface area contributed by atoms with Gasteiger partial charge in [0.25, 0.3) is 0 Å². The van der Waals surface area contributed by atoms with Gasteiger partial charge in [-0.1, -0.05) is 13.8 Å². The van der Waals surface area contributed by atoms with Gasteiger partial charge in [0, 0.05) is 13.2 Å². The molecule has 0 aromatic rings. The highest BCUT2D eigenvalue weighted by molar-refractivity contribution is 4.92. The van der Waals surface area contributed by atoms with E-state index in [4.69, 9.17) is 10.5 Å². The van der Waals surface area contributed by atoms with Crippen LogP contribution < -0.4 is 5.73 Å². The second kappa shape index (κ2) is 4.43. The van der Waals surface area contributed by atoms with Crippen molar-refractivity contribution >= 4 is 0 Å². The van der Waals surface area contributed by atoms with Crippen LogP contribution in [0, 0.1) is 5.92 Å². The first-order chi connectivity index (χ1) is 6.08. The Hall–Kier alpha value is -0.0800. The molecule has 13 heavy (non-hydrogen) atoms. The van der Waals surface area contributed by atoms with E-state index in [1.165, 1.54) is 19.3 Å². The molecular weight excluding hydrogens is 162 g/mol. The molecule has 2 N–H and O–H groups in total. The summed E-state index contributed by atoms with van der Waals surface area (Å²) in [5.41, 5.74) is 6.21. The topological polar surface area (TPSA) is 35.2 Å². The van der Waals surface area contributed by atoms with Gasteiger partial charge < -0.3 is 10.5 Å².